The quantitative estimate of drug-likeness (QED) is 0.121. The van der Waals surface area contributed by atoms with Crippen molar-refractivity contribution >= 4 is 18.0 Å². The molecule has 0 unspecified atom stereocenters. The molecule has 0 spiro atoms. The number of hydrogen-bond donors (Lipinski definition) is 4. The Bertz CT molecular complexity index is 1460. The molecule has 4 N–H and O–H groups in total. The summed E-state index contributed by atoms with van der Waals surface area (Å²) in [4.78, 5) is 39.4. The summed E-state index contributed by atoms with van der Waals surface area (Å²) in [6.45, 7) is 15.5. The molecule has 1 fully saturated rings. The Hall–Kier alpha value is -3.85. The van der Waals surface area contributed by atoms with Crippen molar-refractivity contribution in [3.05, 3.63) is 70.5 Å². The fourth-order valence-electron chi connectivity index (χ4n) is 7.29. The first-order chi connectivity index (χ1) is 21.2. The van der Waals surface area contributed by atoms with Crippen molar-refractivity contribution in [1.29, 1.82) is 0 Å². The van der Waals surface area contributed by atoms with E-state index in [0.717, 1.165) is 49.7 Å². The van der Waals surface area contributed by atoms with Crippen LogP contribution in [0.5, 0.6) is 11.5 Å². The number of aryl methyl sites for hydroxylation is 1. The second-order valence-electron chi connectivity index (χ2n) is 13.2. The molecule has 1 saturated heterocycles. The Balaban J connectivity index is 1.54. The van der Waals surface area contributed by atoms with E-state index >= 15 is 0 Å². The number of amides is 2. The summed E-state index contributed by atoms with van der Waals surface area (Å²) in [5.74, 6) is -1.64. The molecular weight excluding hydrogens is 572 g/mol. The van der Waals surface area contributed by atoms with Crippen LogP contribution in [0.1, 0.15) is 90.7 Å². The number of nitrogens with one attached hydrogen (secondary N) is 1. The van der Waals surface area contributed by atoms with Crippen molar-refractivity contribution in [2.24, 2.45) is 17.3 Å². The molecule has 0 aromatic heterocycles. The van der Waals surface area contributed by atoms with E-state index in [1.54, 1.807) is 32.1 Å². The maximum absolute atomic E-state index is 13.1. The Kier molecular flexibility index (Phi) is 10.3. The molecule has 45 heavy (non-hydrogen) atoms. The minimum absolute atomic E-state index is 0.0442. The first-order valence-corrected chi connectivity index (χ1v) is 16.0. The lowest BCUT2D eigenvalue weighted by Gasteiger charge is -2.54. The number of β-lactam (4-membered cyclic amide) rings is 1. The number of aliphatic carboxylic acids is 1. The van der Waals surface area contributed by atoms with Crippen LogP contribution in [0.4, 0.5) is 4.79 Å². The summed E-state index contributed by atoms with van der Waals surface area (Å²) in [6, 6.07) is 3.15. The highest BCUT2D eigenvalue weighted by Crippen LogP contribution is 2.54. The number of ether oxygens (including phenoxy) is 1. The van der Waals surface area contributed by atoms with Gasteiger partial charge in [-0.2, -0.15) is 0 Å². The van der Waals surface area contributed by atoms with Gasteiger partial charge in [0.2, 0.25) is 5.91 Å². The van der Waals surface area contributed by atoms with E-state index in [1.165, 1.54) is 10.5 Å². The van der Waals surface area contributed by atoms with Gasteiger partial charge in [-0.05, 0) is 82.6 Å². The third kappa shape index (κ3) is 6.45. The summed E-state index contributed by atoms with van der Waals surface area (Å²) in [5.41, 5.74) is 2.96. The minimum Gasteiger partial charge on any atom is -0.507 e. The molecule has 1 aliphatic carbocycles. The van der Waals surface area contributed by atoms with Crippen molar-refractivity contribution in [2.75, 3.05) is 6.54 Å². The highest BCUT2D eigenvalue weighted by molar-refractivity contribution is 6.02. The van der Waals surface area contributed by atoms with Crippen LogP contribution in [0.3, 0.4) is 0 Å². The zero-order valence-electron chi connectivity index (χ0n) is 27.4. The number of allylic oxidation sites excluding steroid dienone is 4. The van der Waals surface area contributed by atoms with Gasteiger partial charge in [0.05, 0.1) is 17.6 Å². The number of carboxylic acid groups (broad SMARTS) is 1. The van der Waals surface area contributed by atoms with Crippen LogP contribution in [0.15, 0.2) is 59.4 Å². The number of benzene rings is 1. The van der Waals surface area contributed by atoms with Crippen LogP contribution >= 0.6 is 0 Å². The predicted molar refractivity (Wildman–Crippen MR) is 173 cm³/mol. The third-order valence-electron chi connectivity index (χ3n) is 9.95. The van der Waals surface area contributed by atoms with E-state index in [1.807, 2.05) is 19.9 Å². The van der Waals surface area contributed by atoms with E-state index in [2.05, 4.69) is 31.8 Å². The Morgan fingerprint density at radius 3 is 2.62 bits per heavy atom. The largest absolute Gasteiger partial charge is 0.507 e. The van der Waals surface area contributed by atoms with E-state index in [4.69, 9.17) is 4.74 Å². The number of phenolic OH excluding ortho intramolecular Hbond substituents is 1. The van der Waals surface area contributed by atoms with E-state index in [9.17, 15) is 29.7 Å². The predicted octanol–water partition coefficient (Wildman–Crippen LogP) is 6.37. The normalized spacial score (nSPS) is 26.8. The number of rotatable bonds is 12. The summed E-state index contributed by atoms with van der Waals surface area (Å²) < 4.78 is 5.86. The molecule has 2 amide bonds. The molecule has 0 radical (unpaired) electrons. The fraction of sp³-hybridized carbons (Fsp3) is 0.528. The van der Waals surface area contributed by atoms with Crippen molar-refractivity contribution < 1.29 is 34.4 Å². The molecule has 0 bridgehead atoms. The summed E-state index contributed by atoms with van der Waals surface area (Å²) in [7, 11) is 0. The van der Waals surface area contributed by atoms with Crippen LogP contribution in [-0.2, 0) is 16.0 Å². The van der Waals surface area contributed by atoms with Crippen molar-refractivity contribution in [3.63, 3.8) is 0 Å². The maximum atomic E-state index is 13.1. The van der Waals surface area contributed by atoms with Crippen molar-refractivity contribution in [3.8, 4) is 11.5 Å². The number of nitrogens with zero attached hydrogens (tertiary/aromatic N) is 1. The molecule has 3 aliphatic rings. The standard InChI is InChI=1S/C36H48N2O7/c1-8-9-10-12-24-18-28(40)30(27-17-21(4)14-15-25(27)20(2)3)29(19-24)45-35(44)37-16-11-13-26-22(5)32-36(7,23(6)39)34(43)38(32)31(26)33(41)42/h11,13,17-19,22-23,25,27,32,39-40H,2,8-10,12,14-16H2,1,3-7H3,(H,37,44)(H,41,42)/b13-11+/t22-,23+,25-,27+,32+,36+/m0/s1. The molecule has 4 rings (SSSR count). The summed E-state index contributed by atoms with van der Waals surface area (Å²) in [6.07, 6.45) is 9.38. The molecule has 1 aromatic carbocycles. The Morgan fingerprint density at radius 1 is 1.29 bits per heavy atom. The molecule has 2 heterocycles. The molecule has 0 saturated carbocycles. The van der Waals surface area contributed by atoms with Gasteiger partial charge in [0.1, 0.15) is 17.2 Å². The average Bonchev–Trinajstić information content (AvgIpc) is 3.24. The average molecular weight is 621 g/mol. The third-order valence-corrected chi connectivity index (χ3v) is 9.95. The monoisotopic (exact) mass is 620 g/mol. The smallest absolute Gasteiger partial charge is 0.412 e. The maximum Gasteiger partial charge on any atom is 0.412 e. The number of aliphatic hydroxyl groups is 1. The van der Waals surface area contributed by atoms with Crippen molar-refractivity contribution in [1.82, 2.24) is 10.2 Å². The molecule has 9 heteroatoms. The number of fused-ring (bicyclic) bond motifs is 1. The molecule has 6 atom stereocenters. The lowest BCUT2D eigenvalue weighted by Crippen LogP contribution is -2.70. The van der Waals surface area contributed by atoms with Gasteiger partial charge in [-0.3, -0.25) is 4.79 Å². The number of carbonyl (C=O) groups excluding carboxylic acids is 2. The molecule has 9 nitrogen and oxygen atoms in total. The molecule has 2 aliphatic heterocycles. The number of phenols is 1. The number of aliphatic hydroxyl groups excluding tert-OH is 1. The van der Waals surface area contributed by atoms with Crippen LogP contribution in [-0.4, -0.2) is 56.9 Å². The zero-order chi connectivity index (χ0) is 33.2. The van der Waals surface area contributed by atoms with Gasteiger partial charge < -0.3 is 30.3 Å². The van der Waals surface area contributed by atoms with Crippen LogP contribution in [0.25, 0.3) is 0 Å². The van der Waals surface area contributed by atoms with Gasteiger partial charge in [-0.1, -0.05) is 62.6 Å². The highest BCUT2D eigenvalue weighted by atomic mass is 16.6. The highest BCUT2D eigenvalue weighted by Gasteiger charge is 2.67. The van der Waals surface area contributed by atoms with Crippen molar-refractivity contribution in [2.45, 2.75) is 98.1 Å². The van der Waals surface area contributed by atoms with Crippen LogP contribution in [0.2, 0.25) is 0 Å². The molecule has 1 aromatic rings. The topological polar surface area (TPSA) is 136 Å². The molecular formula is C36H48N2O7. The van der Waals surface area contributed by atoms with Gasteiger partial charge in [-0.15, -0.1) is 0 Å². The second kappa shape index (κ2) is 13.6. The Labute approximate surface area is 266 Å². The van der Waals surface area contributed by atoms with Gasteiger partial charge in [0, 0.05) is 23.9 Å². The van der Waals surface area contributed by atoms with Gasteiger partial charge in [0.15, 0.2) is 0 Å². The number of unbranched alkanes of at least 4 members (excludes halogenated alkanes) is 2. The SMILES string of the molecule is C=C(C)[C@@H]1CCC(C)=C[C@H]1c1c(O)cc(CCCCC)cc1OC(=O)NC/C=C/C1=C(C(=O)O)N2C(=O)[C@](C)([C@@H](C)O)[C@H]2[C@H]1C. The summed E-state index contributed by atoms with van der Waals surface area (Å²) >= 11 is 0. The lowest BCUT2D eigenvalue weighted by atomic mass is 9.65. The number of aromatic hydroxyl groups is 1. The molecule has 244 valence electrons. The number of carbonyl (C=O) groups is 3. The lowest BCUT2D eigenvalue weighted by molar-refractivity contribution is -0.181. The van der Waals surface area contributed by atoms with E-state index in [0.29, 0.717) is 16.9 Å². The van der Waals surface area contributed by atoms with Crippen LogP contribution < -0.4 is 10.1 Å². The number of hydrogen-bond acceptors (Lipinski definition) is 6. The first-order valence-electron chi connectivity index (χ1n) is 16.0. The van der Waals surface area contributed by atoms with E-state index < -0.39 is 35.5 Å². The van der Waals surface area contributed by atoms with Gasteiger partial charge in [-0.25, -0.2) is 9.59 Å². The second-order valence-corrected chi connectivity index (χ2v) is 13.2. The Morgan fingerprint density at radius 2 is 2.00 bits per heavy atom. The summed E-state index contributed by atoms with van der Waals surface area (Å²) in [5, 5.41) is 34.2. The minimum atomic E-state index is -1.22. The number of carboxylic acids is 1. The van der Waals surface area contributed by atoms with Gasteiger partial charge >= 0.3 is 12.1 Å². The van der Waals surface area contributed by atoms with Crippen LogP contribution in [0, 0.1) is 17.3 Å². The van der Waals surface area contributed by atoms with Gasteiger partial charge in [0.25, 0.3) is 0 Å². The fourth-order valence-corrected chi connectivity index (χ4v) is 7.29. The zero-order valence-corrected chi connectivity index (χ0v) is 27.4. The first kappa shape index (κ1) is 34.0. The van der Waals surface area contributed by atoms with E-state index in [-0.39, 0.29) is 35.7 Å².